The highest BCUT2D eigenvalue weighted by atomic mass is 16.3. The quantitative estimate of drug-likeness (QED) is 0.724. The van der Waals surface area contributed by atoms with Gasteiger partial charge in [-0.25, -0.2) is 0 Å². The molecule has 0 atom stereocenters. The van der Waals surface area contributed by atoms with Crippen LogP contribution in [0, 0.1) is 0 Å². The fraction of sp³-hybridized carbons (Fsp3) is 0.769. The Labute approximate surface area is 91.4 Å². The Hall–Kier alpha value is -0.630. The average molecular weight is 208 g/mol. The number of hydrogen-bond donors (Lipinski definition) is 1. The van der Waals surface area contributed by atoms with E-state index in [4.69, 9.17) is 0 Å². The van der Waals surface area contributed by atoms with Crippen LogP contribution in [0.4, 0.5) is 0 Å². The van der Waals surface area contributed by atoms with Crippen LogP contribution in [0.25, 0.3) is 0 Å². The molecule has 2 nitrogen and oxygen atoms in total. The molecule has 2 aliphatic carbocycles. The minimum Gasteiger partial charge on any atom is -0.382 e. The first-order valence-corrected chi connectivity index (χ1v) is 6.14. The third kappa shape index (κ3) is 2.49. The van der Waals surface area contributed by atoms with Crippen molar-refractivity contribution in [1.82, 2.24) is 0 Å². The summed E-state index contributed by atoms with van der Waals surface area (Å²) in [4.78, 5) is 12.0. The summed E-state index contributed by atoms with van der Waals surface area (Å²) in [6.07, 6.45) is 10.5. The maximum absolute atomic E-state index is 12.0. The average Bonchev–Trinajstić information content (AvgIpc) is 2.71. The van der Waals surface area contributed by atoms with Gasteiger partial charge in [0.1, 0.15) is 5.60 Å². The number of allylic oxidation sites excluding steroid dienone is 2. The molecule has 2 rings (SSSR count). The second-order valence-corrected chi connectivity index (χ2v) is 4.95. The summed E-state index contributed by atoms with van der Waals surface area (Å²) in [5.74, 6) is 0.0651. The molecule has 0 heterocycles. The van der Waals surface area contributed by atoms with Gasteiger partial charge in [-0.05, 0) is 32.1 Å². The van der Waals surface area contributed by atoms with Gasteiger partial charge in [0.2, 0.25) is 0 Å². The zero-order valence-corrected chi connectivity index (χ0v) is 9.30. The SMILES string of the molecule is O=C(CC1=CCCC1)C1(O)CCCCC1. The Morgan fingerprint density at radius 3 is 2.60 bits per heavy atom. The van der Waals surface area contributed by atoms with Crippen molar-refractivity contribution in [3.05, 3.63) is 11.6 Å². The van der Waals surface area contributed by atoms with E-state index in [-0.39, 0.29) is 5.78 Å². The lowest BCUT2D eigenvalue weighted by atomic mass is 9.80. The molecular weight excluding hydrogens is 188 g/mol. The first-order chi connectivity index (χ1) is 7.21. The van der Waals surface area contributed by atoms with Gasteiger partial charge in [-0.1, -0.05) is 30.9 Å². The van der Waals surface area contributed by atoms with Gasteiger partial charge in [0.15, 0.2) is 5.78 Å². The molecule has 1 saturated carbocycles. The fourth-order valence-electron chi connectivity index (χ4n) is 2.68. The number of carbonyl (C=O) groups is 1. The molecule has 0 bridgehead atoms. The molecule has 1 N–H and O–H groups in total. The van der Waals surface area contributed by atoms with Gasteiger partial charge in [0, 0.05) is 6.42 Å². The fourth-order valence-corrected chi connectivity index (χ4v) is 2.68. The van der Waals surface area contributed by atoms with E-state index >= 15 is 0 Å². The molecule has 0 aliphatic heterocycles. The number of ketones is 1. The Kier molecular flexibility index (Phi) is 3.25. The summed E-state index contributed by atoms with van der Waals surface area (Å²) >= 11 is 0. The normalized spacial score (nSPS) is 25.0. The van der Waals surface area contributed by atoms with Crippen LogP contribution in [-0.4, -0.2) is 16.5 Å². The lowest BCUT2D eigenvalue weighted by Crippen LogP contribution is -2.40. The first kappa shape index (κ1) is 10.9. The summed E-state index contributed by atoms with van der Waals surface area (Å²) < 4.78 is 0. The van der Waals surface area contributed by atoms with Crippen molar-refractivity contribution in [2.75, 3.05) is 0 Å². The van der Waals surface area contributed by atoms with E-state index in [2.05, 4.69) is 6.08 Å². The van der Waals surface area contributed by atoms with Gasteiger partial charge < -0.3 is 5.11 Å². The van der Waals surface area contributed by atoms with Crippen LogP contribution >= 0.6 is 0 Å². The Balaban J connectivity index is 1.93. The number of Topliss-reactive ketones (excluding diaryl/α,β-unsaturated/α-hetero) is 1. The maximum Gasteiger partial charge on any atom is 0.168 e. The van der Waals surface area contributed by atoms with Crippen molar-refractivity contribution in [2.24, 2.45) is 0 Å². The molecule has 2 aliphatic rings. The molecule has 0 aromatic heterocycles. The van der Waals surface area contributed by atoms with Gasteiger partial charge in [0.05, 0.1) is 0 Å². The first-order valence-electron chi connectivity index (χ1n) is 6.14. The minimum atomic E-state index is -0.984. The van der Waals surface area contributed by atoms with Gasteiger partial charge in [-0.3, -0.25) is 4.79 Å². The van der Waals surface area contributed by atoms with Crippen LogP contribution < -0.4 is 0 Å². The van der Waals surface area contributed by atoms with Gasteiger partial charge >= 0.3 is 0 Å². The summed E-state index contributed by atoms with van der Waals surface area (Å²) in [6.45, 7) is 0. The molecule has 0 saturated heterocycles. The second-order valence-electron chi connectivity index (χ2n) is 4.95. The standard InChI is InChI=1S/C13H20O2/c14-12(10-11-6-2-3-7-11)13(15)8-4-1-5-9-13/h6,15H,1-5,7-10H2. The predicted molar refractivity (Wildman–Crippen MR) is 59.6 cm³/mol. The molecular formula is C13H20O2. The number of hydrogen-bond acceptors (Lipinski definition) is 2. The summed E-state index contributed by atoms with van der Waals surface area (Å²) in [5, 5.41) is 10.2. The van der Waals surface area contributed by atoms with Crippen molar-refractivity contribution in [2.45, 2.75) is 63.4 Å². The van der Waals surface area contributed by atoms with Crippen LogP contribution in [0.2, 0.25) is 0 Å². The van der Waals surface area contributed by atoms with E-state index in [1.54, 1.807) is 0 Å². The molecule has 0 amide bonds. The van der Waals surface area contributed by atoms with Crippen LogP contribution in [0.15, 0.2) is 11.6 Å². The molecule has 15 heavy (non-hydrogen) atoms. The molecule has 1 fully saturated rings. The third-order valence-electron chi connectivity index (χ3n) is 3.72. The highest BCUT2D eigenvalue weighted by molar-refractivity contribution is 5.89. The topological polar surface area (TPSA) is 37.3 Å². The number of aliphatic hydroxyl groups is 1. The molecule has 0 aromatic carbocycles. The highest BCUT2D eigenvalue weighted by Crippen LogP contribution is 2.32. The van der Waals surface area contributed by atoms with E-state index in [0.717, 1.165) is 32.1 Å². The zero-order valence-electron chi connectivity index (χ0n) is 9.30. The van der Waals surface area contributed by atoms with E-state index < -0.39 is 5.60 Å². The molecule has 0 spiro atoms. The monoisotopic (exact) mass is 208 g/mol. The number of carbonyl (C=O) groups excluding carboxylic acids is 1. The van der Waals surface area contributed by atoms with E-state index in [9.17, 15) is 9.90 Å². The highest BCUT2D eigenvalue weighted by Gasteiger charge is 2.36. The van der Waals surface area contributed by atoms with Gasteiger partial charge in [0.25, 0.3) is 0 Å². The number of rotatable bonds is 3. The largest absolute Gasteiger partial charge is 0.382 e. The second kappa shape index (κ2) is 4.48. The van der Waals surface area contributed by atoms with Crippen LogP contribution in [0.5, 0.6) is 0 Å². The predicted octanol–water partition coefficient (Wildman–Crippen LogP) is 2.75. The van der Waals surface area contributed by atoms with E-state index in [1.807, 2.05) is 0 Å². The van der Waals surface area contributed by atoms with Crippen molar-refractivity contribution in [3.8, 4) is 0 Å². The van der Waals surface area contributed by atoms with Crippen LogP contribution in [0.1, 0.15) is 57.8 Å². The van der Waals surface area contributed by atoms with Crippen LogP contribution in [0.3, 0.4) is 0 Å². The summed E-state index contributed by atoms with van der Waals surface area (Å²) in [6, 6.07) is 0. The summed E-state index contributed by atoms with van der Waals surface area (Å²) in [7, 11) is 0. The van der Waals surface area contributed by atoms with Crippen molar-refractivity contribution >= 4 is 5.78 Å². The van der Waals surface area contributed by atoms with Gasteiger partial charge in [-0.15, -0.1) is 0 Å². The Morgan fingerprint density at radius 1 is 1.27 bits per heavy atom. The maximum atomic E-state index is 12.0. The molecule has 2 heteroatoms. The lowest BCUT2D eigenvalue weighted by Gasteiger charge is -2.30. The Morgan fingerprint density at radius 2 is 2.00 bits per heavy atom. The molecule has 0 radical (unpaired) electrons. The van der Waals surface area contributed by atoms with E-state index in [0.29, 0.717) is 19.3 Å². The van der Waals surface area contributed by atoms with Crippen molar-refractivity contribution < 1.29 is 9.90 Å². The molecule has 0 aromatic rings. The van der Waals surface area contributed by atoms with Crippen LogP contribution in [-0.2, 0) is 4.79 Å². The Bertz CT molecular complexity index is 272. The van der Waals surface area contributed by atoms with Crippen molar-refractivity contribution in [1.29, 1.82) is 0 Å². The lowest BCUT2D eigenvalue weighted by molar-refractivity contribution is -0.139. The van der Waals surface area contributed by atoms with Crippen molar-refractivity contribution in [3.63, 3.8) is 0 Å². The third-order valence-corrected chi connectivity index (χ3v) is 3.72. The summed E-state index contributed by atoms with van der Waals surface area (Å²) in [5.41, 5.74) is 0.265. The van der Waals surface area contributed by atoms with Gasteiger partial charge in [-0.2, -0.15) is 0 Å². The molecule has 84 valence electrons. The van der Waals surface area contributed by atoms with E-state index in [1.165, 1.54) is 12.0 Å². The zero-order chi connectivity index (χ0) is 10.7. The smallest absolute Gasteiger partial charge is 0.168 e. The minimum absolute atomic E-state index is 0.0651. The molecule has 0 unspecified atom stereocenters.